The number of rotatable bonds is 7. The van der Waals surface area contributed by atoms with Gasteiger partial charge in [0, 0.05) is 40.8 Å². The molecule has 2 aliphatic rings. The average Bonchev–Trinajstić information content (AvgIpc) is 2.68. The van der Waals surface area contributed by atoms with Gasteiger partial charge in [0.05, 0.1) is 25.5 Å². The van der Waals surface area contributed by atoms with Crippen molar-refractivity contribution < 1.29 is 47.2 Å². The highest BCUT2D eigenvalue weighted by Crippen LogP contribution is 2.54. The van der Waals surface area contributed by atoms with Crippen molar-refractivity contribution in [3.8, 4) is 0 Å². The summed E-state index contributed by atoms with van der Waals surface area (Å²) < 4.78 is 51.0. The lowest BCUT2D eigenvalue weighted by molar-refractivity contribution is -0.458. The van der Waals surface area contributed by atoms with E-state index in [2.05, 4.69) is 0 Å². The molecule has 2 fully saturated rings. The van der Waals surface area contributed by atoms with Crippen molar-refractivity contribution in [2.24, 2.45) is 5.92 Å². The molecule has 0 aromatic carbocycles. The number of carbonyl (C=O) groups is 1. The molecule has 1 N–H and O–H groups in total. The Morgan fingerprint density at radius 1 is 1.04 bits per heavy atom. The van der Waals surface area contributed by atoms with Crippen LogP contribution in [0.3, 0.4) is 0 Å². The highest BCUT2D eigenvalue weighted by molar-refractivity contribution is 7.53. The van der Waals surface area contributed by atoms with Crippen molar-refractivity contribution in [2.45, 2.75) is 56.1 Å². The molecule has 0 unspecified atom stereocenters. The lowest BCUT2D eigenvalue weighted by Gasteiger charge is -2.56. The molecule has 164 valence electrons. The third-order valence-corrected chi connectivity index (χ3v) is 7.92. The molecule has 11 heteroatoms. The molecule has 10 nitrogen and oxygen atoms in total. The molecule has 1 saturated carbocycles. The van der Waals surface area contributed by atoms with E-state index in [0.717, 1.165) is 0 Å². The molecule has 0 spiro atoms. The Morgan fingerprint density at radius 2 is 1.57 bits per heavy atom. The van der Waals surface area contributed by atoms with Crippen LogP contribution in [0.1, 0.15) is 26.7 Å². The summed E-state index contributed by atoms with van der Waals surface area (Å²) in [5.41, 5.74) is -1.84. The Hall–Kier alpha value is -0.580. The van der Waals surface area contributed by atoms with Gasteiger partial charge < -0.3 is 37.8 Å². The third-order valence-electron chi connectivity index (χ3n) is 5.89. The number of carbonyl (C=O) groups excluding carboxylic acids is 1. The van der Waals surface area contributed by atoms with E-state index in [4.69, 9.17) is 32.7 Å². The lowest BCUT2D eigenvalue weighted by Crippen LogP contribution is -2.69. The zero-order valence-electron chi connectivity index (χ0n) is 17.4. The van der Waals surface area contributed by atoms with Crippen LogP contribution in [0.15, 0.2) is 0 Å². The van der Waals surface area contributed by atoms with Crippen LogP contribution in [0.25, 0.3) is 0 Å². The van der Waals surface area contributed by atoms with E-state index in [0.29, 0.717) is 0 Å². The zero-order valence-corrected chi connectivity index (χ0v) is 18.3. The normalized spacial score (nSPS) is 41.4. The summed E-state index contributed by atoms with van der Waals surface area (Å²) in [6, 6.07) is 0. The molecule has 1 aliphatic carbocycles. The molecule has 1 aliphatic heterocycles. The van der Waals surface area contributed by atoms with E-state index in [-0.39, 0.29) is 19.0 Å². The fourth-order valence-electron chi connectivity index (χ4n) is 3.93. The largest absolute Gasteiger partial charge is 0.467 e. The van der Waals surface area contributed by atoms with Gasteiger partial charge in [-0.25, -0.2) is 4.79 Å². The van der Waals surface area contributed by atoms with E-state index in [1.165, 1.54) is 35.5 Å². The smallest absolute Gasteiger partial charge is 0.337 e. The summed E-state index contributed by atoms with van der Waals surface area (Å²) in [5, 5.41) is 11.0. The van der Waals surface area contributed by atoms with Crippen molar-refractivity contribution >= 4 is 13.6 Å². The lowest BCUT2D eigenvalue weighted by atomic mass is 9.74. The predicted octanol–water partition coefficient (Wildman–Crippen LogP) is 1.30. The van der Waals surface area contributed by atoms with Crippen molar-refractivity contribution in [2.75, 3.05) is 41.7 Å². The molecular formula is C17H31O10P. The van der Waals surface area contributed by atoms with Gasteiger partial charge in [0.1, 0.15) is 0 Å². The van der Waals surface area contributed by atoms with Gasteiger partial charge >= 0.3 is 13.6 Å². The minimum atomic E-state index is -3.47. The second-order valence-electron chi connectivity index (χ2n) is 7.39. The maximum absolute atomic E-state index is 12.8. The molecule has 1 saturated heterocycles. The molecule has 0 aromatic heterocycles. The number of fused-ring (bicyclic) bond motifs is 1. The van der Waals surface area contributed by atoms with E-state index in [9.17, 15) is 14.5 Å². The molecule has 0 radical (unpaired) electrons. The van der Waals surface area contributed by atoms with Crippen LogP contribution in [0.4, 0.5) is 0 Å². The molecule has 0 amide bonds. The van der Waals surface area contributed by atoms with Crippen LogP contribution in [-0.4, -0.2) is 82.2 Å². The first-order valence-corrected chi connectivity index (χ1v) is 10.7. The number of hydrogen-bond acceptors (Lipinski definition) is 10. The van der Waals surface area contributed by atoms with Gasteiger partial charge in [-0.15, -0.1) is 0 Å². The van der Waals surface area contributed by atoms with Gasteiger partial charge in [0.15, 0.2) is 5.60 Å². The standard InChI is InChI=1S/C17H31O10P/c1-15(22-4)16(2,23-5)27-13-11(10-28(20,24-6)25-7)8-17(19,14(18)21-3)9-12(13)26-15/h11-13,19H,8-10H2,1-7H3/t11-,12-,13-,15+,16+,17+/m1/s1. The van der Waals surface area contributed by atoms with Crippen molar-refractivity contribution in [3.05, 3.63) is 0 Å². The summed E-state index contributed by atoms with van der Waals surface area (Å²) >= 11 is 0. The van der Waals surface area contributed by atoms with Crippen LogP contribution in [0, 0.1) is 5.92 Å². The van der Waals surface area contributed by atoms with E-state index in [1.54, 1.807) is 13.8 Å². The maximum Gasteiger partial charge on any atom is 0.337 e. The fourth-order valence-corrected chi connectivity index (χ4v) is 5.29. The van der Waals surface area contributed by atoms with Crippen LogP contribution in [0.2, 0.25) is 0 Å². The Bertz CT molecular complexity index is 621. The Labute approximate surface area is 165 Å². The molecule has 1 heterocycles. The summed E-state index contributed by atoms with van der Waals surface area (Å²) in [6.45, 7) is 3.31. The Morgan fingerprint density at radius 3 is 2.04 bits per heavy atom. The summed E-state index contributed by atoms with van der Waals surface area (Å²) in [4.78, 5) is 12.3. The quantitative estimate of drug-likeness (QED) is 0.471. The van der Waals surface area contributed by atoms with Crippen LogP contribution in [-0.2, 0) is 42.1 Å². The first-order valence-electron chi connectivity index (χ1n) is 8.92. The van der Waals surface area contributed by atoms with Crippen LogP contribution >= 0.6 is 7.60 Å². The number of hydrogen-bond donors (Lipinski definition) is 1. The van der Waals surface area contributed by atoms with E-state index in [1.807, 2.05) is 0 Å². The number of esters is 1. The van der Waals surface area contributed by atoms with E-state index < -0.39 is 48.9 Å². The van der Waals surface area contributed by atoms with Gasteiger partial charge in [-0.05, 0) is 20.3 Å². The van der Waals surface area contributed by atoms with Gasteiger partial charge in [-0.1, -0.05) is 0 Å². The molecule has 2 rings (SSSR count). The zero-order chi connectivity index (χ0) is 21.4. The van der Waals surface area contributed by atoms with Crippen molar-refractivity contribution in [3.63, 3.8) is 0 Å². The minimum Gasteiger partial charge on any atom is -0.467 e. The molecule has 28 heavy (non-hydrogen) atoms. The average molecular weight is 426 g/mol. The predicted molar refractivity (Wildman–Crippen MR) is 96.8 cm³/mol. The first kappa shape index (κ1) is 23.7. The maximum atomic E-state index is 12.8. The SMILES string of the molecule is COC(=O)[C@]1(O)C[C@H](CP(=O)(OC)OC)[C@H]2O[C@](C)(OC)[C@@](C)(OC)O[C@@H]2C1. The number of ether oxygens (including phenoxy) is 5. The minimum absolute atomic E-state index is 0.0651. The number of aliphatic hydroxyl groups is 1. The summed E-state index contributed by atoms with van der Waals surface area (Å²) in [6.07, 6.45) is -1.64. The van der Waals surface area contributed by atoms with Gasteiger partial charge in [-0.2, -0.15) is 0 Å². The van der Waals surface area contributed by atoms with E-state index >= 15 is 0 Å². The number of methoxy groups -OCH3 is 3. The monoisotopic (exact) mass is 426 g/mol. The highest BCUT2D eigenvalue weighted by atomic mass is 31.2. The van der Waals surface area contributed by atoms with Gasteiger partial charge in [0.25, 0.3) is 0 Å². The Kier molecular flexibility index (Phi) is 7.00. The molecular weight excluding hydrogens is 395 g/mol. The van der Waals surface area contributed by atoms with Crippen molar-refractivity contribution in [1.29, 1.82) is 0 Å². The second kappa shape index (κ2) is 8.28. The van der Waals surface area contributed by atoms with Crippen molar-refractivity contribution in [1.82, 2.24) is 0 Å². The van der Waals surface area contributed by atoms with Crippen LogP contribution < -0.4 is 0 Å². The second-order valence-corrected chi connectivity index (χ2v) is 9.71. The summed E-state index contributed by atoms with van der Waals surface area (Å²) in [7, 11) is 3.17. The third kappa shape index (κ3) is 4.02. The topological polar surface area (TPSA) is 119 Å². The molecule has 6 atom stereocenters. The Balaban J connectivity index is 2.45. The van der Waals surface area contributed by atoms with Gasteiger partial charge in [0.2, 0.25) is 11.6 Å². The highest BCUT2D eigenvalue weighted by Gasteiger charge is 2.63. The van der Waals surface area contributed by atoms with Crippen LogP contribution in [0.5, 0.6) is 0 Å². The summed E-state index contributed by atoms with van der Waals surface area (Å²) in [5.74, 6) is -4.01. The molecule has 0 aromatic rings. The van der Waals surface area contributed by atoms with Gasteiger partial charge in [-0.3, -0.25) is 4.57 Å². The molecule has 0 bridgehead atoms. The fraction of sp³-hybridized carbons (Fsp3) is 0.941. The first-order chi connectivity index (χ1) is 12.9.